The number of phenolic OH excluding ortho intramolecular Hbond substituents is 1. The van der Waals surface area contributed by atoms with E-state index >= 15 is 0 Å². The van der Waals surface area contributed by atoms with E-state index in [4.69, 9.17) is 9.57 Å². The number of aromatic hydroxyl groups is 1. The Balaban J connectivity index is 1.65. The molecule has 1 aliphatic carbocycles. The van der Waals surface area contributed by atoms with Crippen LogP contribution in [-0.2, 0) is 14.4 Å². The van der Waals surface area contributed by atoms with Crippen LogP contribution < -0.4 is 5.32 Å². The number of carbonyl (C=O) groups is 1. The Hall–Kier alpha value is -0.920. The zero-order chi connectivity index (χ0) is 22.2. The van der Waals surface area contributed by atoms with Crippen LogP contribution in [0.3, 0.4) is 0 Å². The molecule has 1 amide bonds. The molecule has 162 valence electrons. The van der Waals surface area contributed by atoms with Crippen molar-refractivity contribution in [3.63, 3.8) is 0 Å². The number of amides is 1. The van der Waals surface area contributed by atoms with Crippen LogP contribution in [0.1, 0.15) is 18.1 Å². The third-order valence-electron chi connectivity index (χ3n) is 4.62. The fraction of sp³-hybridized carbons (Fsp3) is 0.333. The lowest BCUT2D eigenvalue weighted by Crippen LogP contribution is -2.45. The molecule has 0 radical (unpaired) electrons. The number of hydrogen-bond acceptors (Lipinski definition) is 7. The maximum Gasteiger partial charge on any atom is 0.269 e. The van der Waals surface area contributed by atoms with E-state index < -0.39 is 23.7 Å². The summed E-state index contributed by atoms with van der Waals surface area (Å²) < 4.78 is 6.97. The molecule has 12 heteroatoms. The molecule has 1 heterocycles. The highest BCUT2D eigenvalue weighted by atomic mass is 79.9. The standard InChI is InChI=1S/C18H16Br4N2O6/c1-29-15-10(21)4-18(16(27)13(15)22)5-11(24-30-18)17(28)23-6-12(25)7-2-8(19)14(26)9(20)3-7/h2-4,12,16,25-27H,5-6H2,1H3,(H,23,28)/t12?,16-,18+/m0/s1. The molecule has 30 heavy (non-hydrogen) atoms. The number of phenols is 1. The molecule has 1 aromatic rings. The van der Waals surface area contributed by atoms with E-state index in [0.29, 0.717) is 29.2 Å². The van der Waals surface area contributed by atoms with E-state index in [2.05, 4.69) is 74.2 Å². The van der Waals surface area contributed by atoms with Gasteiger partial charge >= 0.3 is 0 Å². The summed E-state index contributed by atoms with van der Waals surface area (Å²) in [5, 5.41) is 37.2. The molecule has 0 saturated carbocycles. The third-order valence-corrected chi connectivity index (χ3v) is 7.22. The number of rotatable bonds is 5. The smallest absolute Gasteiger partial charge is 0.269 e. The molecule has 0 fully saturated rings. The van der Waals surface area contributed by atoms with E-state index in [1.54, 1.807) is 18.2 Å². The zero-order valence-electron chi connectivity index (χ0n) is 15.3. The van der Waals surface area contributed by atoms with Gasteiger partial charge in [-0.2, -0.15) is 0 Å². The number of allylic oxidation sites excluding steroid dienone is 1. The molecule has 1 unspecified atom stereocenters. The van der Waals surface area contributed by atoms with Crippen LogP contribution in [0.15, 0.2) is 47.0 Å². The second kappa shape index (κ2) is 9.29. The van der Waals surface area contributed by atoms with Gasteiger partial charge in [-0.1, -0.05) is 5.16 Å². The molecule has 3 atom stereocenters. The van der Waals surface area contributed by atoms with Gasteiger partial charge in [0.15, 0.2) is 5.60 Å². The highest BCUT2D eigenvalue weighted by Gasteiger charge is 2.50. The van der Waals surface area contributed by atoms with Gasteiger partial charge in [-0.25, -0.2) is 0 Å². The lowest BCUT2D eigenvalue weighted by molar-refractivity contribution is -0.115. The number of benzene rings is 1. The van der Waals surface area contributed by atoms with E-state index in [1.807, 2.05) is 0 Å². The molecular weight excluding hydrogens is 660 g/mol. The van der Waals surface area contributed by atoms with Crippen molar-refractivity contribution in [1.29, 1.82) is 0 Å². The number of methoxy groups -OCH3 is 1. The van der Waals surface area contributed by atoms with E-state index in [-0.39, 0.29) is 24.4 Å². The minimum atomic E-state index is -1.25. The van der Waals surface area contributed by atoms with Gasteiger partial charge in [0.25, 0.3) is 5.91 Å². The summed E-state index contributed by atoms with van der Waals surface area (Å²) in [6.07, 6.45) is -0.520. The van der Waals surface area contributed by atoms with Crippen LogP contribution in [-0.4, -0.2) is 52.3 Å². The second-order valence-electron chi connectivity index (χ2n) is 6.60. The van der Waals surface area contributed by atoms with E-state index in [0.717, 1.165) is 0 Å². The van der Waals surface area contributed by atoms with Crippen LogP contribution in [0.4, 0.5) is 0 Å². The fourth-order valence-corrected chi connectivity index (χ4v) is 6.02. The zero-order valence-corrected chi connectivity index (χ0v) is 21.7. The predicted molar refractivity (Wildman–Crippen MR) is 123 cm³/mol. The van der Waals surface area contributed by atoms with Gasteiger partial charge in [0.05, 0.1) is 31.1 Å². The van der Waals surface area contributed by atoms with Crippen LogP contribution >= 0.6 is 63.7 Å². The first-order valence-corrected chi connectivity index (χ1v) is 11.7. The third kappa shape index (κ3) is 4.49. The summed E-state index contributed by atoms with van der Waals surface area (Å²) in [6.45, 7) is -0.0893. The normalized spacial score (nSPS) is 24.3. The lowest BCUT2D eigenvalue weighted by atomic mass is 9.87. The van der Waals surface area contributed by atoms with Crippen LogP contribution in [0.5, 0.6) is 5.75 Å². The Morgan fingerprint density at radius 3 is 2.60 bits per heavy atom. The van der Waals surface area contributed by atoms with Gasteiger partial charge in [0.1, 0.15) is 23.3 Å². The number of hydrogen-bond donors (Lipinski definition) is 4. The molecule has 1 spiro atoms. The lowest BCUT2D eigenvalue weighted by Gasteiger charge is -2.33. The molecule has 1 aliphatic heterocycles. The van der Waals surface area contributed by atoms with Crippen molar-refractivity contribution in [2.75, 3.05) is 13.7 Å². The molecule has 3 rings (SSSR count). The van der Waals surface area contributed by atoms with E-state index in [9.17, 15) is 20.1 Å². The minimum Gasteiger partial charge on any atom is -0.506 e. The predicted octanol–water partition coefficient (Wildman–Crippen LogP) is 3.49. The fourth-order valence-electron chi connectivity index (χ4n) is 3.01. The van der Waals surface area contributed by atoms with Gasteiger partial charge in [0, 0.05) is 13.0 Å². The molecule has 0 aromatic heterocycles. The van der Waals surface area contributed by atoms with Crippen molar-refractivity contribution in [2.24, 2.45) is 5.16 Å². The monoisotopic (exact) mass is 672 g/mol. The summed E-state index contributed by atoms with van der Waals surface area (Å²) in [5.74, 6) is -0.0963. The van der Waals surface area contributed by atoms with Gasteiger partial charge in [0.2, 0.25) is 0 Å². The van der Waals surface area contributed by atoms with Crippen LogP contribution in [0, 0.1) is 0 Å². The van der Waals surface area contributed by atoms with Crippen molar-refractivity contribution >= 4 is 75.3 Å². The Morgan fingerprint density at radius 1 is 1.37 bits per heavy atom. The van der Waals surface area contributed by atoms with Gasteiger partial charge in [-0.3, -0.25) is 4.79 Å². The maximum atomic E-state index is 12.5. The van der Waals surface area contributed by atoms with Crippen LogP contribution in [0.2, 0.25) is 0 Å². The van der Waals surface area contributed by atoms with Crippen LogP contribution in [0.25, 0.3) is 0 Å². The van der Waals surface area contributed by atoms with Crippen molar-refractivity contribution in [3.05, 3.63) is 47.4 Å². The topological polar surface area (TPSA) is 121 Å². The Labute approximate surface area is 205 Å². The number of halogens is 4. The molecule has 0 bridgehead atoms. The Kier molecular flexibility index (Phi) is 7.35. The number of oxime groups is 1. The Bertz CT molecular complexity index is 956. The molecular formula is C18H16Br4N2O6. The van der Waals surface area contributed by atoms with Crippen molar-refractivity contribution in [3.8, 4) is 5.75 Å². The molecule has 1 aromatic carbocycles. The highest BCUT2D eigenvalue weighted by Crippen LogP contribution is 2.44. The van der Waals surface area contributed by atoms with Crippen molar-refractivity contribution in [2.45, 2.75) is 24.2 Å². The summed E-state index contributed by atoms with van der Waals surface area (Å²) in [5.41, 5.74) is -0.687. The first-order chi connectivity index (χ1) is 14.1. The van der Waals surface area contributed by atoms with Gasteiger partial charge in [-0.15, -0.1) is 0 Å². The number of nitrogens with zero attached hydrogens (tertiary/aromatic N) is 1. The maximum absolute atomic E-state index is 12.5. The number of aliphatic hydroxyl groups excluding tert-OH is 2. The van der Waals surface area contributed by atoms with Crippen molar-refractivity contribution < 1.29 is 29.7 Å². The number of carbonyl (C=O) groups excluding carboxylic acids is 1. The van der Waals surface area contributed by atoms with E-state index in [1.165, 1.54) is 7.11 Å². The molecule has 8 nitrogen and oxygen atoms in total. The highest BCUT2D eigenvalue weighted by molar-refractivity contribution is 9.12. The number of nitrogens with one attached hydrogen (secondary N) is 1. The average Bonchev–Trinajstić information content (AvgIpc) is 3.13. The molecule has 4 N–H and O–H groups in total. The summed E-state index contributed by atoms with van der Waals surface area (Å²) in [4.78, 5) is 18.0. The van der Waals surface area contributed by atoms with Gasteiger partial charge in [-0.05, 0) is 87.5 Å². The number of ether oxygens (including phenoxy) is 1. The molecule has 0 saturated heterocycles. The van der Waals surface area contributed by atoms with Crippen molar-refractivity contribution in [1.82, 2.24) is 5.32 Å². The largest absolute Gasteiger partial charge is 0.506 e. The average molecular weight is 676 g/mol. The van der Waals surface area contributed by atoms with Gasteiger partial charge < -0.3 is 30.2 Å². The summed E-state index contributed by atoms with van der Waals surface area (Å²) in [6, 6.07) is 3.11. The summed E-state index contributed by atoms with van der Waals surface area (Å²) >= 11 is 13.1. The SMILES string of the molecule is COC1=C(Br)[C@H](O)[C@@]2(C=C1Br)CC(C(=O)NCC(O)c1cc(Br)c(O)c(Br)c1)=NO2. The minimum absolute atomic E-state index is 0.0137. The first-order valence-electron chi connectivity index (χ1n) is 8.49. The quantitative estimate of drug-likeness (QED) is 0.380. The number of aliphatic hydroxyl groups is 2. The first kappa shape index (κ1) is 23.7. The second-order valence-corrected chi connectivity index (χ2v) is 10.0. The summed E-state index contributed by atoms with van der Waals surface area (Å²) in [7, 11) is 1.47. The molecule has 2 aliphatic rings. The Morgan fingerprint density at radius 2 is 2.00 bits per heavy atom.